The van der Waals surface area contributed by atoms with Crippen molar-refractivity contribution in [2.75, 3.05) is 0 Å². The molecule has 6 heteroatoms. The molecule has 0 bridgehead atoms. The second kappa shape index (κ2) is 10.6. The van der Waals surface area contributed by atoms with Crippen molar-refractivity contribution in [3.05, 3.63) is 120 Å². The third kappa shape index (κ3) is 4.59. The van der Waals surface area contributed by atoms with E-state index in [1.165, 1.54) is 32.2 Å². The molecule has 8 rings (SSSR count). The average molecular weight is 744 g/mol. The first-order valence-corrected chi connectivity index (χ1v) is 14.7. The molecule has 7 aromatic rings. The number of rotatable bonds is 4. The first-order chi connectivity index (χ1) is 19.7. The molecule has 0 N–H and O–H groups in total. The fraction of sp³-hybridized carbons (Fsp3) is 0.0286. The van der Waals surface area contributed by atoms with Gasteiger partial charge in [0.05, 0.1) is 0 Å². The molecular weight excluding hydrogens is 724 g/mol. The zero-order valence-electron chi connectivity index (χ0n) is 21.8. The average Bonchev–Trinajstić information content (AvgIpc) is 3.46. The Morgan fingerprint density at radius 1 is 0.707 bits per heavy atom. The van der Waals surface area contributed by atoms with Crippen molar-refractivity contribution >= 4 is 44.0 Å². The van der Waals surface area contributed by atoms with Crippen LogP contribution in [0.5, 0.6) is 11.5 Å². The third-order valence-corrected chi connectivity index (χ3v) is 9.24. The van der Waals surface area contributed by atoms with Crippen LogP contribution in [0.2, 0.25) is 0 Å². The maximum absolute atomic E-state index is 6.35. The van der Waals surface area contributed by atoms with E-state index in [-0.39, 0.29) is 21.1 Å². The third-order valence-electron chi connectivity index (χ3n) is 7.13. The zero-order chi connectivity index (χ0) is 26.6. The number of thiophene rings is 1. The zero-order valence-corrected chi connectivity index (χ0v) is 25.7. The van der Waals surface area contributed by atoms with Gasteiger partial charge in [-0.2, -0.15) is 11.3 Å². The van der Waals surface area contributed by atoms with Crippen LogP contribution in [0, 0.1) is 19.1 Å². The molecule has 1 aliphatic rings. The van der Waals surface area contributed by atoms with Crippen LogP contribution in [0.25, 0.3) is 54.5 Å². The van der Waals surface area contributed by atoms with Crippen LogP contribution in [0.3, 0.4) is 0 Å². The van der Waals surface area contributed by atoms with Gasteiger partial charge in [0.1, 0.15) is 0 Å². The van der Waals surface area contributed by atoms with Gasteiger partial charge in [0.15, 0.2) is 0 Å². The molecule has 0 saturated heterocycles. The molecule has 4 heterocycles. The largest absolute Gasteiger partial charge is 2.00 e. The summed E-state index contributed by atoms with van der Waals surface area (Å²) in [7, 11) is 0. The number of aryl methyl sites for hydroxylation is 1. The van der Waals surface area contributed by atoms with Gasteiger partial charge in [-0.05, 0) is 51.5 Å². The molecule has 1 aliphatic heterocycles. The van der Waals surface area contributed by atoms with Crippen LogP contribution in [0.15, 0.2) is 112 Å². The molecule has 41 heavy (non-hydrogen) atoms. The molecule has 0 fully saturated rings. The number of ether oxygens (including phenoxy) is 1. The summed E-state index contributed by atoms with van der Waals surface area (Å²) in [5.41, 5.74) is 7.16. The maximum atomic E-state index is 6.35. The van der Waals surface area contributed by atoms with Crippen molar-refractivity contribution in [3.63, 3.8) is 0 Å². The van der Waals surface area contributed by atoms with Crippen molar-refractivity contribution in [1.82, 2.24) is 9.97 Å². The minimum absolute atomic E-state index is 0. The van der Waals surface area contributed by atoms with E-state index in [0.717, 1.165) is 37.7 Å². The molecule has 0 spiro atoms. The number of hydrogen-bond donors (Lipinski definition) is 0. The second-order valence-electron chi connectivity index (χ2n) is 9.76. The smallest absolute Gasteiger partial charge is 0.497 e. The van der Waals surface area contributed by atoms with Crippen LogP contribution in [0.4, 0.5) is 0 Å². The van der Waals surface area contributed by atoms with Crippen molar-refractivity contribution < 1.29 is 25.8 Å². The van der Waals surface area contributed by atoms with Gasteiger partial charge in [-0.15, -0.1) is 41.0 Å². The predicted octanol–water partition coefficient (Wildman–Crippen LogP) is 10.0. The van der Waals surface area contributed by atoms with Crippen molar-refractivity contribution in [3.8, 4) is 45.1 Å². The molecule has 0 unspecified atom stereocenters. The Balaban J connectivity index is 0.00000276. The van der Waals surface area contributed by atoms with Gasteiger partial charge in [0.2, 0.25) is 0 Å². The summed E-state index contributed by atoms with van der Waals surface area (Å²) in [6.07, 6.45) is 3.74. The van der Waals surface area contributed by atoms with Gasteiger partial charge in [-0.3, -0.25) is 0 Å². The van der Waals surface area contributed by atoms with E-state index in [2.05, 4.69) is 84.0 Å². The maximum Gasteiger partial charge on any atom is 2.00 e. The molecule has 0 radical (unpaired) electrons. The fourth-order valence-electron chi connectivity index (χ4n) is 5.39. The summed E-state index contributed by atoms with van der Waals surface area (Å²) in [6, 6.07) is 36.2. The number of nitrogens with zero attached hydrogens (tertiary/aromatic N) is 2. The van der Waals surface area contributed by atoms with E-state index in [9.17, 15) is 0 Å². The Morgan fingerprint density at radius 3 is 2.44 bits per heavy atom. The number of pyridine rings is 2. The summed E-state index contributed by atoms with van der Waals surface area (Å²) >= 11 is 3.46. The van der Waals surface area contributed by atoms with Gasteiger partial charge in [-0.25, -0.2) is 0 Å². The summed E-state index contributed by atoms with van der Waals surface area (Å²) < 4.78 is 7.50. The molecule has 3 aromatic heterocycles. The number of fused-ring (bicyclic) bond motifs is 3. The number of hydrogen-bond acceptors (Lipinski definition) is 5. The van der Waals surface area contributed by atoms with E-state index >= 15 is 0 Å². The van der Waals surface area contributed by atoms with Crippen LogP contribution in [0.1, 0.15) is 5.56 Å². The van der Waals surface area contributed by atoms with Crippen LogP contribution < -0.4 is 4.74 Å². The second-order valence-corrected chi connectivity index (χ2v) is 11.7. The van der Waals surface area contributed by atoms with Gasteiger partial charge < -0.3 is 14.7 Å². The van der Waals surface area contributed by atoms with E-state index in [4.69, 9.17) is 9.72 Å². The Labute approximate surface area is 260 Å². The van der Waals surface area contributed by atoms with Gasteiger partial charge in [-0.1, -0.05) is 67.2 Å². The minimum Gasteiger partial charge on any atom is -0.497 e. The Bertz CT molecular complexity index is 2100. The van der Waals surface area contributed by atoms with Crippen molar-refractivity contribution in [2.24, 2.45) is 0 Å². The fourth-order valence-corrected chi connectivity index (χ4v) is 7.54. The van der Waals surface area contributed by atoms with Crippen LogP contribution in [-0.2, 0) is 21.1 Å². The topological polar surface area (TPSA) is 35.0 Å². The summed E-state index contributed by atoms with van der Waals surface area (Å²) in [5, 5.41) is 5.84. The number of benzene rings is 4. The number of aromatic nitrogens is 2. The van der Waals surface area contributed by atoms with Gasteiger partial charge >= 0.3 is 21.1 Å². The van der Waals surface area contributed by atoms with E-state index in [1.807, 2.05) is 42.7 Å². The van der Waals surface area contributed by atoms with E-state index in [1.54, 1.807) is 23.1 Å². The van der Waals surface area contributed by atoms with E-state index < -0.39 is 0 Å². The minimum atomic E-state index is 0. The Kier molecular flexibility index (Phi) is 6.75. The molecule has 4 aromatic carbocycles. The molecule has 198 valence electrons. The summed E-state index contributed by atoms with van der Waals surface area (Å²) in [5.74, 6) is 1.26. The Hall–Kier alpha value is -3.76. The quantitative estimate of drug-likeness (QED) is 0.168. The molecule has 3 nitrogen and oxygen atoms in total. The molecular formula is C35H20N2OPtS2. The van der Waals surface area contributed by atoms with Crippen molar-refractivity contribution in [1.29, 1.82) is 0 Å². The molecule has 0 amide bonds. The SMILES string of the molecule is Cc1cc(Oc2[c-]c(-c3nccc4ccsc34)ccc2)[c-]c(-c2nccc3c2Sc2cccc4cccc-3c24)c1.[Pt+2]. The first-order valence-electron chi connectivity index (χ1n) is 13.0. The standard InChI is InChI=1S/C35H20N2OS2.Pt/c1-21-17-25(33-35-29(12-15-37-33)28-9-3-5-22-6-4-10-30(40-35)31(22)28)20-27(18-21)38-26-8-2-7-24(19-26)32-34-23(11-14-36-32)13-16-39-34;/h2-18H,1H3;/q-2;+2. The molecule has 0 saturated carbocycles. The van der Waals surface area contributed by atoms with Crippen molar-refractivity contribution in [2.45, 2.75) is 16.7 Å². The van der Waals surface area contributed by atoms with Crippen LogP contribution in [-0.4, -0.2) is 9.97 Å². The normalized spacial score (nSPS) is 11.7. The summed E-state index contributed by atoms with van der Waals surface area (Å²) in [4.78, 5) is 11.9. The monoisotopic (exact) mass is 743 g/mol. The molecule has 0 atom stereocenters. The predicted molar refractivity (Wildman–Crippen MR) is 164 cm³/mol. The van der Waals surface area contributed by atoms with Gasteiger partial charge in [0, 0.05) is 55.2 Å². The first kappa shape index (κ1) is 26.2. The summed E-state index contributed by atoms with van der Waals surface area (Å²) in [6.45, 7) is 2.07. The Morgan fingerprint density at radius 2 is 1.51 bits per heavy atom. The van der Waals surface area contributed by atoms with Gasteiger partial charge in [0.25, 0.3) is 0 Å². The van der Waals surface area contributed by atoms with E-state index in [0.29, 0.717) is 11.5 Å². The van der Waals surface area contributed by atoms with Crippen LogP contribution >= 0.6 is 23.1 Å². The molecule has 0 aliphatic carbocycles.